The van der Waals surface area contributed by atoms with E-state index in [1.165, 1.54) is 12.8 Å². The van der Waals surface area contributed by atoms with Crippen molar-refractivity contribution in [2.45, 2.75) is 43.3 Å². The predicted octanol–water partition coefficient (Wildman–Crippen LogP) is 5.73. The summed E-state index contributed by atoms with van der Waals surface area (Å²) in [5.74, 6) is 1.67. The molecule has 1 fully saturated rings. The first kappa shape index (κ1) is 19.3. The zero-order chi connectivity index (χ0) is 19.3. The Morgan fingerprint density at radius 3 is 2.64 bits per heavy atom. The molecule has 0 N–H and O–H groups in total. The lowest BCUT2D eigenvalue weighted by Crippen LogP contribution is -2.26. The predicted molar refractivity (Wildman–Crippen MR) is 116 cm³/mol. The Morgan fingerprint density at radius 1 is 1.11 bits per heavy atom. The molecule has 1 aliphatic carbocycles. The molecule has 2 aromatic carbocycles. The fourth-order valence-electron chi connectivity index (χ4n) is 3.66. The van der Waals surface area contributed by atoms with Gasteiger partial charge in [0.25, 0.3) is 5.56 Å². The normalized spacial score (nSPS) is 14.6. The fourth-order valence-corrected chi connectivity index (χ4v) is 4.76. The highest BCUT2D eigenvalue weighted by atomic mass is 35.5. The lowest BCUT2D eigenvalue weighted by molar-refractivity contribution is 0.318. The Balaban J connectivity index is 1.45. The van der Waals surface area contributed by atoms with Crippen LogP contribution in [0.3, 0.4) is 0 Å². The molecule has 0 aliphatic heterocycles. The average molecular weight is 415 g/mol. The quantitative estimate of drug-likeness (QED) is 0.281. The van der Waals surface area contributed by atoms with E-state index in [-0.39, 0.29) is 11.6 Å². The number of hydrogen-bond acceptors (Lipinski definition) is 4. The number of benzene rings is 2. The monoisotopic (exact) mass is 414 g/mol. The maximum absolute atomic E-state index is 13.1. The third-order valence-corrected chi connectivity index (χ3v) is 6.36. The molecule has 6 heteroatoms. The van der Waals surface area contributed by atoms with E-state index in [0.29, 0.717) is 17.0 Å². The van der Waals surface area contributed by atoms with Gasteiger partial charge >= 0.3 is 0 Å². The molecule has 4 rings (SSSR count). The van der Waals surface area contributed by atoms with Gasteiger partial charge in [-0.3, -0.25) is 9.36 Å². The smallest absolute Gasteiger partial charge is 0.262 e. The Bertz CT molecular complexity index is 998. The third kappa shape index (κ3) is 4.36. The van der Waals surface area contributed by atoms with E-state index in [9.17, 15) is 4.79 Å². The van der Waals surface area contributed by atoms with Crippen molar-refractivity contribution < 1.29 is 4.74 Å². The van der Waals surface area contributed by atoms with Gasteiger partial charge in [-0.2, -0.15) is 0 Å². The Morgan fingerprint density at radius 2 is 1.86 bits per heavy atom. The second-order valence-electron chi connectivity index (χ2n) is 7.03. The molecule has 0 spiro atoms. The van der Waals surface area contributed by atoms with Crippen LogP contribution in [0.25, 0.3) is 10.9 Å². The number of rotatable bonds is 7. The van der Waals surface area contributed by atoms with Crippen LogP contribution < -0.4 is 10.3 Å². The maximum atomic E-state index is 13.1. The van der Waals surface area contributed by atoms with E-state index >= 15 is 0 Å². The van der Waals surface area contributed by atoms with Crippen molar-refractivity contribution in [1.82, 2.24) is 9.55 Å². The summed E-state index contributed by atoms with van der Waals surface area (Å²) in [6.45, 7) is 0.621. The summed E-state index contributed by atoms with van der Waals surface area (Å²) in [7, 11) is 0. The number of fused-ring (bicyclic) bond motifs is 1. The number of nitrogens with zero attached hydrogens (tertiary/aromatic N) is 2. The minimum absolute atomic E-state index is 0.0948. The zero-order valence-electron chi connectivity index (χ0n) is 15.6. The molecule has 0 radical (unpaired) electrons. The van der Waals surface area contributed by atoms with E-state index < -0.39 is 0 Å². The second kappa shape index (κ2) is 9.01. The number of ether oxygens (including phenoxy) is 1. The molecule has 0 saturated heterocycles. The van der Waals surface area contributed by atoms with E-state index in [0.717, 1.165) is 41.4 Å². The van der Waals surface area contributed by atoms with Crippen LogP contribution >= 0.6 is 23.4 Å². The topological polar surface area (TPSA) is 44.1 Å². The summed E-state index contributed by atoms with van der Waals surface area (Å²) >= 11 is 7.54. The Hall–Kier alpha value is -1.98. The third-order valence-electron chi connectivity index (χ3n) is 5.07. The minimum Gasteiger partial charge on any atom is -0.494 e. The van der Waals surface area contributed by atoms with Crippen molar-refractivity contribution in [2.24, 2.45) is 0 Å². The molecular weight excluding hydrogens is 392 g/mol. The molecule has 28 heavy (non-hydrogen) atoms. The van der Waals surface area contributed by atoms with Gasteiger partial charge in [0.1, 0.15) is 5.75 Å². The molecule has 1 heterocycles. The molecule has 1 aliphatic rings. The number of para-hydroxylation sites is 1. The summed E-state index contributed by atoms with van der Waals surface area (Å²) in [6.07, 6.45) is 5.37. The molecule has 0 bridgehead atoms. The van der Waals surface area contributed by atoms with Crippen molar-refractivity contribution in [1.29, 1.82) is 0 Å². The number of thioether (sulfide) groups is 1. The van der Waals surface area contributed by atoms with Crippen LogP contribution in [0.2, 0.25) is 5.02 Å². The average Bonchev–Trinajstić information content (AvgIpc) is 3.23. The van der Waals surface area contributed by atoms with Gasteiger partial charge in [0.15, 0.2) is 5.16 Å². The van der Waals surface area contributed by atoms with Crippen LogP contribution in [-0.2, 0) is 0 Å². The van der Waals surface area contributed by atoms with Gasteiger partial charge in [-0.05, 0) is 55.7 Å². The molecule has 1 aromatic heterocycles. The van der Waals surface area contributed by atoms with Crippen LogP contribution in [0.1, 0.15) is 38.1 Å². The Labute approximate surface area is 173 Å². The molecule has 3 aromatic rings. The largest absolute Gasteiger partial charge is 0.494 e. The van der Waals surface area contributed by atoms with Gasteiger partial charge in [-0.1, -0.05) is 48.3 Å². The first-order valence-corrected chi connectivity index (χ1v) is 11.1. The van der Waals surface area contributed by atoms with E-state index in [1.54, 1.807) is 11.8 Å². The Kier molecular flexibility index (Phi) is 6.23. The lowest BCUT2D eigenvalue weighted by atomic mass is 10.2. The fraction of sp³-hybridized carbons (Fsp3) is 0.364. The maximum Gasteiger partial charge on any atom is 0.262 e. The molecule has 0 unspecified atom stereocenters. The molecule has 146 valence electrons. The van der Waals surface area contributed by atoms with Crippen molar-refractivity contribution in [3.63, 3.8) is 0 Å². The van der Waals surface area contributed by atoms with E-state index in [4.69, 9.17) is 21.3 Å². The van der Waals surface area contributed by atoms with Gasteiger partial charge in [-0.15, -0.1) is 0 Å². The standard InChI is InChI=1S/C22H23ClN2O2S/c23-16-10-12-18(13-11-16)27-14-5-15-28-22-24-20-9-4-3-8-19(20)21(26)25(22)17-6-1-2-7-17/h3-4,8-13,17H,1-2,5-7,14-15H2. The van der Waals surface area contributed by atoms with Gasteiger partial charge < -0.3 is 4.74 Å². The number of halogens is 1. The minimum atomic E-state index is 0.0948. The van der Waals surface area contributed by atoms with E-state index in [1.807, 2.05) is 53.1 Å². The summed E-state index contributed by atoms with van der Waals surface area (Å²) in [5, 5.41) is 2.25. The molecule has 0 atom stereocenters. The number of aromatic nitrogens is 2. The van der Waals surface area contributed by atoms with Gasteiger partial charge in [0, 0.05) is 16.8 Å². The highest BCUT2D eigenvalue weighted by Gasteiger charge is 2.22. The summed E-state index contributed by atoms with van der Waals surface area (Å²) < 4.78 is 7.71. The van der Waals surface area contributed by atoms with Gasteiger partial charge in [0.05, 0.1) is 17.5 Å². The van der Waals surface area contributed by atoms with E-state index in [2.05, 4.69) is 0 Å². The molecule has 4 nitrogen and oxygen atoms in total. The van der Waals surface area contributed by atoms with Crippen LogP contribution in [0.5, 0.6) is 5.75 Å². The lowest BCUT2D eigenvalue weighted by Gasteiger charge is -2.18. The summed E-state index contributed by atoms with van der Waals surface area (Å²) in [5.41, 5.74) is 0.874. The summed E-state index contributed by atoms with van der Waals surface area (Å²) in [6, 6.07) is 15.3. The highest BCUT2D eigenvalue weighted by Crippen LogP contribution is 2.32. The van der Waals surface area contributed by atoms with Crippen molar-refractivity contribution in [3.8, 4) is 5.75 Å². The molecule has 1 saturated carbocycles. The van der Waals surface area contributed by atoms with Crippen LogP contribution in [0.4, 0.5) is 0 Å². The summed E-state index contributed by atoms with van der Waals surface area (Å²) in [4.78, 5) is 17.9. The molecule has 0 amide bonds. The van der Waals surface area contributed by atoms with Crippen LogP contribution in [0.15, 0.2) is 58.5 Å². The number of hydrogen-bond donors (Lipinski definition) is 0. The second-order valence-corrected chi connectivity index (χ2v) is 8.53. The SMILES string of the molecule is O=c1c2ccccc2nc(SCCCOc2ccc(Cl)cc2)n1C1CCCC1. The first-order valence-electron chi connectivity index (χ1n) is 9.75. The van der Waals surface area contributed by atoms with Crippen molar-refractivity contribution >= 4 is 34.3 Å². The van der Waals surface area contributed by atoms with Crippen molar-refractivity contribution in [2.75, 3.05) is 12.4 Å². The first-order chi connectivity index (χ1) is 13.7. The molecular formula is C22H23ClN2O2S. The van der Waals surface area contributed by atoms with Crippen molar-refractivity contribution in [3.05, 3.63) is 63.9 Å². The zero-order valence-corrected chi connectivity index (χ0v) is 17.2. The van der Waals surface area contributed by atoms with Crippen LogP contribution in [-0.4, -0.2) is 21.9 Å². The van der Waals surface area contributed by atoms with Crippen LogP contribution in [0, 0.1) is 0 Å². The highest BCUT2D eigenvalue weighted by molar-refractivity contribution is 7.99. The van der Waals surface area contributed by atoms with Gasteiger partial charge in [-0.25, -0.2) is 4.98 Å². The van der Waals surface area contributed by atoms with Gasteiger partial charge in [0.2, 0.25) is 0 Å².